The van der Waals surface area contributed by atoms with Gasteiger partial charge in [-0.2, -0.15) is 5.11 Å². The number of aryl methyl sites for hydroxylation is 2. The average Bonchev–Trinajstić information content (AvgIpc) is 3.19. The van der Waals surface area contributed by atoms with Gasteiger partial charge in [-0.3, -0.25) is 19.4 Å². The Morgan fingerprint density at radius 2 is 1.68 bits per heavy atom. The van der Waals surface area contributed by atoms with Gasteiger partial charge in [-0.15, -0.1) is 0 Å². The van der Waals surface area contributed by atoms with Gasteiger partial charge in [0.1, 0.15) is 6.54 Å². The molecule has 2 aromatic rings. The van der Waals surface area contributed by atoms with Gasteiger partial charge in [-0.1, -0.05) is 41.6 Å². The Morgan fingerprint density at radius 3 is 2.36 bits per heavy atom. The van der Waals surface area contributed by atoms with E-state index >= 15 is 0 Å². The van der Waals surface area contributed by atoms with Crippen LogP contribution in [-0.4, -0.2) is 41.4 Å². The fraction of sp³-hybridized carbons (Fsp3) is 0.250. The first-order valence-corrected chi connectivity index (χ1v) is 8.93. The number of nitrogens with zero attached hydrogens (tertiary/aromatic N) is 4. The number of fused-ring (bicyclic) bond motifs is 1. The summed E-state index contributed by atoms with van der Waals surface area (Å²) in [5, 5.41) is 12.0. The number of rotatable bonds is 4. The molecule has 8 heteroatoms. The summed E-state index contributed by atoms with van der Waals surface area (Å²) in [5.41, 5.74) is 3.11. The smallest absolute Gasteiger partial charge is 0.263 e. The summed E-state index contributed by atoms with van der Waals surface area (Å²) in [6, 6.07) is 12.6. The van der Waals surface area contributed by atoms with Crippen molar-refractivity contribution < 1.29 is 14.4 Å². The molecule has 1 N–H and O–H groups in total. The van der Waals surface area contributed by atoms with Crippen molar-refractivity contribution in [2.24, 2.45) is 10.3 Å². The molecule has 2 aromatic carbocycles. The van der Waals surface area contributed by atoms with Crippen molar-refractivity contribution in [2.45, 2.75) is 25.9 Å². The van der Waals surface area contributed by atoms with Gasteiger partial charge in [0.25, 0.3) is 11.8 Å². The van der Waals surface area contributed by atoms with Gasteiger partial charge < -0.3 is 5.32 Å². The molecule has 28 heavy (non-hydrogen) atoms. The predicted octanol–water partition coefficient (Wildman–Crippen LogP) is 2.24. The van der Waals surface area contributed by atoms with Crippen molar-refractivity contribution in [3.63, 3.8) is 0 Å². The van der Waals surface area contributed by atoms with Crippen molar-refractivity contribution in [1.29, 1.82) is 0 Å². The second-order valence-corrected chi connectivity index (χ2v) is 6.85. The van der Waals surface area contributed by atoms with Crippen LogP contribution in [0.4, 0.5) is 11.4 Å². The molecule has 2 heterocycles. The van der Waals surface area contributed by atoms with Crippen LogP contribution in [0.2, 0.25) is 0 Å². The van der Waals surface area contributed by atoms with E-state index in [0.717, 1.165) is 21.7 Å². The molecule has 0 aliphatic carbocycles. The first-order chi connectivity index (χ1) is 13.5. The molecule has 3 amide bonds. The van der Waals surface area contributed by atoms with Crippen LogP contribution >= 0.6 is 0 Å². The van der Waals surface area contributed by atoms with Crippen LogP contribution in [0.25, 0.3) is 0 Å². The second kappa shape index (κ2) is 6.88. The van der Waals surface area contributed by atoms with E-state index in [4.69, 9.17) is 0 Å². The highest BCUT2D eigenvalue weighted by Gasteiger charge is 2.55. The van der Waals surface area contributed by atoms with E-state index in [9.17, 15) is 14.4 Å². The summed E-state index contributed by atoms with van der Waals surface area (Å²) in [6.45, 7) is 3.65. The SMILES string of the molecule is Cc1cccc(C)c1NC(=O)CN1N=N[C@H]2C(=O)N(c3ccccc3)C(=O)[C@@H]21. The summed E-state index contributed by atoms with van der Waals surface area (Å²) >= 11 is 0. The van der Waals surface area contributed by atoms with E-state index in [-0.39, 0.29) is 12.5 Å². The summed E-state index contributed by atoms with van der Waals surface area (Å²) in [6.07, 6.45) is 0. The first-order valence-electron chi connectivity index (χ1n) is 8.93. The molecule has 0 unspecified atom stereocenters. The lowest BCUT2D eigenvalue weighted by Gasteiger charge is -2.20. The minimum atomic E-state index is -0.916. The fourth-order valence-electron chi connectivity index (χ4n) is 3.52. The molecule has 2 aliphatic heterocycles. The first kappa shape index (κ1) is 17.8. The van der Waals surface area contributed by atoms with Crippen molar-refractivity contribution in [3.05, 3.63) is 59.7 Å². The fourth-order valence-corrected chi connectivity index (χ4v) is 3.52. The monoisotopic (exact) mass is 377 g/mol. The van der Waals surface area contributed by atoms with E-state index in [1.54, 1.807) is 30.3 Å². The average molecular weight is 377 g/mol. The zero-order valence-electron chi connectivity index (χ0n) is 15.5. The number of amides is 3. The van der Waals surface area contributed by atoms with Crippen LogP contribution in [-0.2, 0) is 14.4 Å². The molecule has 4 rings (SSSR count). The molecule has 2 aliphatic rings. The van der Waals surface area contributed by atoms with Gasteiger partial charge in [0.05, 0.1) is 5.69 Å². The molecule has 142 valence electrons. The standard InChI is InChI=1S/C20H19N5O3/c1-12-7-6-8-13(2)16(12)21-15(26)11-24-18-17(22-23-24)19(27)25(20(18)28)14-9-4-3-5-10-14/h3-10,17-18H,11H2,1-2H3,(H,21,26)/t17-,18-/m1/s1. The highest BCUT2D eigenvalue weighted by Crippen LogP contribution is 2.31. The maximum Gasteiger partial charge on any atom is 0.263 e. The topological polar surface area (TPSA) is 94.4 Å². The number of para-hydroxylation sites is 2. The zero-order chi connectivity index (χ0) is 19.8. The molecule has 0 bridgehead atoms. The lowest BCUT2D eigenvalue weighted by Crippen LogP contribution is -2.43. The molecule has 0 saturated carbocycles. The Kier molecular flexibility index (Phi) is 4.38. The van der Waals surface area contributed by atoms with Crippen molar-refractivity contribution >= 4 is 29.1 Å². The number of carbonyl (C=O) groups excluding carboxylic acids is 3. The van der Waals surface area contributed by atoms with Gasteiger partial charge in [0, 0.05) is 5.69 Å². The van der Waals surface area contributed by atoms with Gasteiger partial charge in [-0.05, 0) is 37.1 Å². The van der Waals surface area contributed by atoms with E-state index in [2.05, 4.69) is 15.7 Å². The van der Waals surface area contributed by atoms with E-state index in [1.807, 2.05) is 32.0 Å². The lowest BCUT2D eigenvalue weighted by atomic mass is 10.1. The second-order valence-electron chi connectivity index (χ2n) is 6.85. The number of carbonyl (C=O) groups is 3. The van der Waals surface area contributed by atoms with E-state index in [0.29, 0.717) is 5.69 Å². The number of nitrogens with one attached hydrogen (secondary N) is 1. The Morgan fingerprint density at radius 1 is 1.00 bits per heavy atom. The number of imide groups is 1. The third-order valence-electron chi connectivity index (χ3n) is 4.92. The molecular formula is C20H19N5O3. The molecule has 1 fully saturated rings. The Labute approximate surface area is 161 Å². The highest BCUT2D eigenvalue weighted by atomic mass is 16.2. The summed E-state index contributed by atoms with van der Waals surface area (Å²) in [5.74, 6) is -1.18. The van der Waals surface area contributed by atoms with Crippen LogP contribution in [0.1, 0.15) is 11.1 Å². The molecule has 8 nitrogen and oxygen atoms in total. The normalized spacial score (nSPS) is 20.6. The van der Waals surface area contributed by atoms with Gasteiger partial charge in [0.15, 0.2) is 12.1 Å². The highest BCUT2D eigenvalue weighted by molar-refractivity contribution is 6.25. The molecule has 1 saturated heterocycles. The Balaban J connectivity index is 1.50. The maximum absolute atomic E-state index is 12.9. The molecule has 0 aromatic heterocycles. The minimum absolute atomic E-state index is 0.167. The molecular weight excluding hydrogens is 358 g/mol. The van der Waals surface area contributed by atoms with Crippen molar-refractivity contribution in [3.8, 4) is 0 Å². The minimum Gasteiger partial charge on any atom is -0.324 e. The lowest BCUT2D eigenvalue weighted by molar-refractivity contribution is -0.123. The van der Waals surface area contributed by atoms with Crippen molar-refractivity contribution in [2.75, 3.05) is 16.8 Å². The third kappa shape index (κ3) is 2.92. The summed E-state index contributed by atoms with van der Waals surface area (Å²) in [4.78, 5) is 39.2. The van der Waals surface area contributed by atoms with Crippen LogP contribution in [0, 0.1) is 13.8 Å². The van der Waals surface area contributed by atoms with Crippen molar-refractivity contribution in [1.82, 2.24) is 5.01 Å². The van der Waals surface area contributed by atoms with E-state index in [1.165, 1.54) is 5.01 Å². The largest absolute Gasteiger partial charge is 0.324 e. The van der Waals surface area contributed by atoms with Crippen LogP contribution in [0.3, 0.4) is 0 Å². The Hall–Kier alpha value is -3.55. The maximum atomic E-state index is 12.9. The number of anilines is 2. The molecule has 2 atom stereocenters. The summed E-state index contributed by atoms with van der Waals surface area (Å²) < 4.78 is 0. The van der Waals surface area contributed by atoms with E-state index < -0.39 is 23.9 Å². The van der Waals surface area contributed by atoms with Gasteiger partial charge in [-0.25, -0.2) is 4.90 Å². The van der Waals surface area contributed by atoms with Gasteiger partial charge >= 0.3 is 0 Å². The zero-order valence-corrected chi connectivity index (χ0v) is 15.5. The number of hydrogen-bond acceptors (Lipinski definition) is 6. The number of benzene rings is 2. The third-order valence-corrected chi connectivity index (χ3v) is 4.92. The quantitative estimate of drug-likeness (QED) is 0.827. The van der Waals surface area contributed by atoms with Crippen LogP contribution in [0.15, 0.2) is 58.9 Å². The summed E-state index contributed by atoms with van der Waals surface area (Å²) in [7, 11) is 0. The molecule has 0 spiro atoms. The van der Waals surface area contributed by atoms with Crippen LogP contribution < -0.4 is 10.2 Å². The van der Waals surface area contributed by atoms with Crippen LogP contribution in [0.5, 0.6) is 0 Å². The predicted molar refractivity (Wildman–Crippen MR) is 103 cm³/mol. The Bertz CT molecular complexity index is 968. The molecule has 0 radical (unpaired) electrons. The van der Waals surface area contributed by atoms with Gasteiger partial charge in [0.2, 0.25) is 5.91 Å². The number of hydrogen-bond donors (Lipinski definition) is 1.